The van der Waals surface area contributed by atoms with Crippen molar-refractivity contribution in [3.8, 4) is 0 Å². The molecule has 0 saturated carbocycles. The first-order valence-electron chi connectivity index (χ1n) is 8.35. The van der Waals surface area contributed by atoms with Crippen LogP contribution in [0, 0.1) is 0 Å². The summed E-state index contributed by atoms with van der Waals surface area (Å²) in [5.41, 5.74) is 6.28. The summed E-state index contributed by atoms with van der Waals surface area (Å²) in [4.78, 5) is 11.7. The predicted molar refractivity (Wildman–Crippen MR) is 92.9 cm³/mol. The number of nitrogens with two attached hydrogens (primary N) is 1. The zero-order valence-corrected chi connectivity index (χ0v) is 15.0. The van der Waals surface area contributed by atoms with E-state index in [0.717, 1.165) is 6.42 Å². The fourth-order valence-electron chi connectivity index (χ4n) is 3.00. The van der Waals surface area contributed by atoms with Gasteiger partial charge in [-0.2, -0.15) is 4.31 Å². The van der Waals surface area contributed by atoms with Gasteiger partial charge in [-0.05, 0) is 37.9 Å². The zero-order valence-electron chi connectivity index (χ0n) is 14.2. The number of aromatic nitrogens is 1. The number of benzene rings is 1. The summed E-state index contributed by atoms with van der Waals surface area (Å²) < 4.78 is 39.3. The predicted octanol–water partition coefficient (Wildman–Crippen LogP) is 0.650. The van der Waals surface area contributed by atoms with Gasteiger partial charge in [-0.3, -0.25) is 4.57 Å². The van der Waals surface area contributed by atoms with Crippen LogP contribution in [0.25, 0.3) is 11.1 Å². The average molecular weight is 369 g/mol. The van der Waals surface area contributed by atoms with Crippen molar-refractivity contribution in [2.24, 2.45) is 12.8 Å². The topological polar surface area (TPSA) is 108 Å². The van der Waals surface area contributed by atoms with E-state index in [1.165, 1.54) is 21.0 Å². The molecule has 0 radical (unpaired) electrons. The van der Waals surface area contributed by atoms with Gasteiger partial charge in [0.05, 0.1) is 16.5 Å². The molecule has 2 heterocycles. The minimum atomic E-state index is -3.62. The molecule has 0 aliphatic carbocycles. The Labute approximate surface area is 146 Å². The van der Waals surface area contributed by atoms with Crippen molar-refractivity contribution in [2.45, 2.75) is 30.3 Å². The van der Waals surface area contributed by atoms with E-state index in [2.05, 4.69) is 0 Å². The van der Waals surface area contributed by atoms with Gasteiger partial charge in [0.15, 0.2) is 5.58 Å². The highest BCUT2D eigenvalue weighted by atomic mass is 32.2. The number of fused-ring (bicyclic) bond motifs is 1. The van der Waals surface area contributed by atoms with E-state index < -0.39 is 15.8 Å². The number of hydrogen-bond donors (Lipinski definition) is 1. The van der Waals surface area contributed by atoms with Crippen LogP contribution in [0.15, 0.2) is 32.3 Å². The van der Waals surface area contributed by atoms with Crippen molar-refractivity contribution in [3.63, 3.8) is 0 Å². The summed E-state index contributed by atoms with van der Waals surface area (Å²) in [6.45, 7) is 2.02. The van der Waals surface area contributed by atoms with Gasteiger partial charge in [0, 0.05) is 32.8 Å². The number of hydrogen-bond acceptors (Lipinski definition) is 6. The zero-order chi connectivity index (χ0) is 18.0. The molecule has 1 aromatic heterocycles. The Kier molecular flexibility index (Phi) is 5.28. The van der Waals surface area contributed by atoms with Crippen LogP contribution in [-0.2, 0) is 21.8 Å². The lowest BCUT2D eigenvalue weighted by molar-refractivity contribution is 0.0209. The minimum Gasteiger partial charge on any atom is -0.408 e. The average Bonchev–Trinajstić information content (AvgIpc) is 2.89. The van der Waals surface area contributed by atoms with Crippen molar-refractivity contribution in [1.29, 1.82) is 0 Å². The standard InChI is InChI=1S/C16H23N3O5S/c1-18-14-4-3-13(11-15(14)24-16(18)20)25(21,22)19-8-5-12(6-9-19)23-10-2-7-17/h3-4,11-12H,2,5-10,17H2,1H3. The molecule has 1 aromatic carbocycles. The van der Waals surface area contributed by atoms with Crippen molar-refractivity contribution in [1.82, 2.24) is 8.87 Å². The van der Waals surface area contributed by atoms with E-state index in [-0.39, 0.29) is 16.6 Å². The number of piperidine rings is 1. The third-order valence-electron chi connectivity index (χ3n) is 4.50. The van der Waals surface area contributed by atoms with E-state index in [9.17, 15) is 13.2 Å². The highest BCUT2D eigenvalue weighted by molar-refractivity contribution is 7.89. The summed E-state index contributed by atoms with van der Waals surface area (Å²) in [5.74, 6) is -0.514. The highest BCUT2D eigenvalue weighted by Crippen LogP contribution is 2.24. The molecule has 0 atom stereocenters. The number of ether oxygens (including phenoxy) is 1. The van der Waals surface area contributed by atoms with E-state index >= 15 is 0 Å². The molecular weight excluding hydrogens is 346 g/mol. The smallest absolute Gasteiger partial charge is 0.408 e. The molecule has 138 valence electrons. The summed E-state index contributed by atoms with van der Waals surface area (Å²) in [5, 5.41) is 0. The normalized spacial score (nSPS) is 17.4. The van der Waals surface area contributed by atoms with Crippen molar-refractivity contribution >= 4 is 21.1 Å². The molecule has 1 aliphatic heterocycles. The van der Waals surface area contributed by atoms with Gasteiger partial charge in [0.1, 0.15) is 0 Å². The number of aryl methyl sites for hydroxylation is 1. The van der Waals surface area contributed by atoms with E-state index in [1.807, 2.05) is 0 Å². The summed E-state index contributed by atoms with van der Waals surface area (Å²) in [6, 6.07) is 4.52. The Balaban J connectivity index is 1.73. The molecule has 1 aliphatic rings. The molecule has 1 saturated heterocycles. The van der Waals surface area contributed by atoms with Gasteiger partial charge in [0.25, 0.3) is 0 Å². The van der Waals surface area contributed by atoms with E-state index in [1.54, 1.807) is 13.1 Å². The molecule has 0 bridgehead atoms. The summed E-state index contributed by atoms with van der Waals surface area (Å²) in [6.07, 6.45) is 2.20. The fourth-order valence-corrected chi connectivity index (χ4v) is 4.48. The number of rotatable bonds is 6. The van der Waals surface area contributed by atoms with Crippen LogP contribution in [0.5, 0.6) is 0 Å². The Morgan fingerprint density at radius 1 is 1.32 bits per heavy atom. The molecule has 9 heteroatoms. The van der Waals surface area contributed by atoms with Gasteiger partial charge in [-0.1, -0.05) is 0 Å². The molecule has 0 amide bonds. The fraction of sp³-hybridized carbons (Fsp3) is 0.562. The quantitative estimate of drug-likeness (QED) is 0.749. The van der Waals surface area contributed by atoms with Crippen LogP contribution in [0.3, 0.4) is 0 Å². The lowest BCUT2D eigenvalue weighted by atomic mass is 10.1. The largest absolute Gasteiger partial charge is 0.419 e. The Morgan fingerprint density at radius 2 is 2.04 bits per heavy atom. The van der Waals surface area contributed by atoms with Crippen LogP contribution < -0.4 is 11.5 Å². The molecule has 2 N–H and O–H groups in total. The van der Waals surface area contributed by atoms with Gasteiger partial charge in [0.2, 0.25) is 10.0 Å². The first-order valence-corrected chi connectivity index (χ1v) is 9.79. The van der Waals surface area contributed by atoms with Crippen molar-refractivity contribution in [2.75, 3.05) is 26.2 Å². The first kappa shape index (κ1) is 18.1. The lowest BCUT2D eigenvalue weighted by Crippen LogP contribution is -2.41. The van der Waals surface area contributed by atoms with Gasteiger partial charge in [-0.15, -0.1) is 0 Å². The second-order valence-corrected chi connectivity index (χ2v) is 8.11. The number of nitrogens with zero attached hydrogens (tertiary/aromatic N) is 2. The maximum absolute atomic E-state index is 12.8. The molecule has 2 aromatic rings. The Bertz CT molecular complexity index is 894. The number of sulfonamides is 1. The minimum absolute atomic E-state index is 0.0765. The van der Waals surface area contributed by atoms with Gasteiger partial charge in [-0.25, -0.2) is 13.2 Å². The van der Waals surface area contributed by atoms with Crippen molar-refractivity contribution < 1.29 is 17.6 Å². The second kappa shape index (κ2) is 7.28. The molecule has 25 heavy (non-hydrogen) atoms. The van der Waals surface area contributed by atoms with Crippen LogP contribution in [0.2, 0.25) is 0 Å². The van der Waals surface area contributed by atoms with Gasteiger partial charge < -0.3 is 14.9 Å². The summed E-state index contributed by atoms with van der Waals surface area (Å²) in [7, 11) is -2.04. The maximum atomic E-state index is 12.8. The van der Waals surface area contributed by atoms with Crippen LogP contribution >= 0.6 is 0 Å². The van der Waals surface area contributed by atoms with Crippen LogP contribution in [-0.4, -0.2) is 49.6 Å². The molecular formula is C16H23N3O5S. The van der Waals surface area contributed by atoms with E-state index in [4.69, 9.17) is 14.9 Å². The summed E-state index contributed by atoms with van der Waals surface area (Å²) >= 11 is 0. The molecule has 8 nitrogen and oxygen atoms in total. The SMILES string of the molecule is Cn1c(=O)oc2cc(S(=O)(=O)N3CCC(OCCCN)CC3)ccc21. The molecule has 0 unspecified atom stereocenters. The monoisotopic (exact) mass is 369 g/mol. The molecule has 3 rings (SSSR count). The molecule has 0 spiro atoms. The van der Waals surface area contributed by atoms with Crippen molar-refractivity contribution in [3.05, 3.63) is 28.7 Å². The maximum Gasteiger partial charge on any atom is 0.419 e. The number of oxazole rings is 1. The van der Waals surface area contributed by atoms with Gasteiger partial charge >= 0.3 is 5.76 Å². The Hall–Kier alpha value is -1.68. The second-order valence-electron chi connectivity index (χ2n) is 6.17. The van der Waals surface area contributed by atoms with E-state index in [0.29, 0.717) is 44.6 Å². The molecule has 1 fully saturated rings. The first-order chi connectivity index (χ1) is 11.9. The van der Waals surface area contributed by atoms with Crippen LogP contribution in [0.4, 0.5) is 0 Å². The van der Waals surface area contributed by atoms with Crippen LogP contribution in [0.1, 0.15) is 19.3 Å². The Morgan fingerprint density at radius 3 is 2.72 bits per heavy atom. The lowest BCUT2D eigenvalue weighted by Gasteiger charge is -2.31. The highest BCUT2D eigenvalue weighted by Gasteiger charge is 2.30. The third kappa shape index (κ3) is 3.64. The third-order valence-corrected chi connectivity index (χ3v) is 6.40.